The molecule has 0 aliphatic heterocycles. The van der Waals surface area contributed by atoms with E-state index in [9.17, 15) is 0 Å². The van der Waals surface area contributed by atoms with Crippen molar-refractivity contribution in [3.63, 3.8) is 0 Å². The monoisotopic (exact) mass is 278 g/mol. The van der Waals surface area contributed by atoms with Gasteiger partial charge < -0.3 is 0 Å². The number of hydrogen-bond donors (Lipinski definition) is 0. The molecule has 0 spiro atoms. The summed E-state index contributed by atoms with van der Waals surface area (Å²) < 4.78 is 0. The predicted molar refractivity (Wildman–Crippen MR) is 91.1 cm³/mol. The minimum Gasteiger partial charge on any atom is -0.0759 e. The number of unbranched alkanes of at least 4 members (excludes halogenated alkanes) is 1. The van der Waals surface area contributed by atoms with Crippen molar-refractivity contribution < 1.29 is 0 Å². The van der Waals surface area contributed by atoms with Crippen LogP contribution in [0.1, 0.15) is 58.9 Å². The first-order valence-electron chi connectivity index (χ1n) is 8.08. The van der Waals surface area contributed by atoms with Gasteiger partial charge in [-0.05, 0) is 35.5 Å². The Hall–Kier alpha value is -0.350. The van der Waals surface area contributed by atoms with Gasteiger partial charge in [-0.15, -0.1) is 0 Å². The zero-order valence-corrected chi connectivity index (χ0v) is 14.2. The topological polar surface area (TPSA) is 0 Å². The van der Waals surface area contributed by atoms with Crippen LogP contribution in [0.2, 0.25) is 0 Å². The maximum absolute atomic E-state index is 2.39. The zero-order valence-electron chi connectivity index (χ0n) is 13.3. The van der Waals surface area contributed by atoms with Gasteiger partial charge in [0, 0.05) is 0 Å². The Balaban J connectivity index is 2.60. The van der Waals surface area contributed by atoms with Crippen molar-refractivity contribution in [1.82, 2.24) is 0 Å². The van der Waals surface area contributed by atoms with Gasteiger partial charge >= 0.3 is 0 Å². The summed E-state index contributed by atoms with van der Waals surface area (Å²) in [4.78, 5) is 0. The Kier molecular flexibility index (Phi) is 8.38. The average molecular weight is 278 g/mol. The van der Waals surface area contributed by atoms with Crippen LogP contribution in [-0.2, 0) is 6.42 Å². The molecule has 0 saturated carbocycles. The lowest BCUT2D eigenvalue weighted by atomic mass is 9.92. The first-order chi connectivity index (χ1) is 9.24. The third kappa shape index (κ3) is 5.65. The third-order valence-corrected chi connectivity index (χ3v) is 6.69. The highest BCUT2D eigenvalue weighted by Crippen LogP contribution is 2.33. The number of rotatable bonds is 9. The van der Waals surface area contributed by atoms with Crippen molar-refractivity contribution in [2.24, 2.45) is 5.92 Å². The van der Waals surface area contributed by atoms with Crippen LogP contribution in [0.4, 0.5) is 0 Å². The summed E-state index contributed by atoms with van der Waals surface area (Å²) in [6.07, 6.45) is 9.33. The Bertz CT molecular complexity index is 324. The largest absolute Gasteiger partial charge is 0.0759 e. The summed E-state index contributed by atoms with van der Waals surface area (Å²) in [5.41, 5.74) is 1.54. The summed E-state index contributed by atoms with van der Waals surface area (Å²) in [7, 11) is 0.103. The van der Waals surface area contributed by atoms with Gasteiger partial charge in [-0.2, -0.15) is 0 Å². The van der Waals surface area contributed by atoms with Crippen LogP contribution in [0.15, 0.2) is 24.3 Å². The fourth-order valence-electron chi connectivity index (χ4n) is 2.71. The molecule has 1 atom stereocenters. The lowest BCUT2D eigenvalue weighted by Crippen LogP contribution is -2.07. The van der Waals surface area contributed by atoms with Gasteiger partial charge in [0.1, 0.15) is 0 Å². The summed E-state index contributed by atoms with van der Waals surface area (Å²) in [5.74, 6) is 0.879. The van der Waals surface area contributed by atoms with E-state index in [-0.39, 0.29) is 7.92 Å². The summed E-state index contributed by atoms with van der Waals surface area (Å²) in [6.45, 7) is 9.27. The van der Waals surface area contributed by atoms with E-state index in [4.69, 9.17) is 0 Å². The molecule has 0 amide bonds. The molecule has 0 nitrogen and oxygen atoms in total. The summed E-state index contributed by atoms with van der Waals surface area (Å²) in [6, 6.07) is 9.54. The molecule has 0 radical (unpaired) electrons. The third-order valence-electron chi connectivity index (χ3n) is 4.13. The van der Waals surface area contributed by atoms with E-state index in [0.29, 0.717) is 0 Å². The van der Waals surface area contributed by atoms with Crippen LogP contribution in [0.3, 0.4) is 0 Å². The van der Waals surface area contributed by atoms with Crippen LogP contribution in [0, 0.1) is 5.92 Å². The van der Waals surface area contributed by atoms with E-state index >= 15 is 0 Å². The Labute approximate surface area is 121 Å². The molecule has 0 saturated heterocycles. The van der Waals surface area contributed by atoms with Gasteiger partial charge in [0.05, 0.1) is 0 Å². The molecule has 0 N–H and O–H groups in total. The van der Waals surface area contributed by atoms with Crippen molar-refractivity contribution in [3.8, 4) is 0 Å². The molecular formula is C18H31P. The van der Waals surface area contributed by atoms with Gasteiger partial charge in [-0.3, -0.25) is 0 Å². The van der Waals surface area contributed by atoms with Gasteiger partial charge in [0.2, 0.25) is 0 Å². The van der Waals surface area contributed by atoms with Crippen LogP contribution in [0.25, 0.3) is 0 Å². The minimum atomic E-state index is 0.103. The average Bonchev–Trinajstić information content (AvgIpc) is 2.46. The van der Waals surface area contributed by atoms with Crippen LogP contribution < -0.4 is 5.30 Å². The second-order valence-corrected chi connectivity index (χ2v) is 8.32. The summed E-state index contributed by atoms with van der Waals surface area (Å²) in [5, 5.41) is 1.59. The molecule has 0 bridgehead atoms. The van der Waals surface area contributed by atoms with Crippen LogP contribution in [0.5, 0.6) is 0 Å². The molecule has 1 rings (SSSR count). The van der Waals surface area contributed by atoms with E-state index in [1.54, 1.807) is 5.30 Å². The van der Waals surface area contributed by atoms with E-state index in [1.165, 1.54) is 50.0 Å². The molecule has 1 aromatic carbocycles. The van der Waals surface area contributed by atoms with E-state index in [1.807, 2.05) is 0 Å². The maximum Gasteiger partial charge on any atom is -0.0240 e. The smallest absolute Gasteiger partial charge is 0.0240 e. The maximum atomic E-state index is 2.39. The first kappa shape index (κ1) is 16.7. The fraction of sp³-hybridized carbons (Fsp3) is 0.667. The molecule has 0 aliphatic carbocycles. The molecular weight excluding hydrogens is 247 g/mol. The van der Waals surface area contributed by atoms with Crippen molar-refractivity contribution in [3.05, 3.63) is 29.8 Å². The van der Waals surface area contributed by atoms with Crippen molar-refractivity contribution >= 4 is 13.2 Å². The lowest BCUT2D eigenvalue weighted by Gasteiger charge is -2.17. The fourth-order valence-corrected chi connectivity index (χ4v) is 4.46. The molecule has 0 fully saturated rings. The highest BCUT2D eigenvalue weighted by Gasteiger charge is 2.09. The molecule has 1 unspecified atom stereocenters. The van der Waals surface area contributed by atoms with Crippen LogP contribution >= 0.6 is 7.92 Å². The molecule has 0 aromatic heterocycles. The zero-order chi connectivity index (χ0) is 14.1. The Morgan fingerprint density at radius 2 is 1.58 bits per heavy atom. The second kappa shape index (κ2) is 9.54. The molecule has 19 heavy (non-hydrogen) atoms. The molecule has 1 heteroatoms. The molecule has 0 aliphatic rings. The minimum absolute atomic E-state index is 0.103. The second-order valence-electron chi connectivity index (χ2n) is 5.46. The standard InChI is InChI=1S/C18H31P/c1-5-9-10-16(6-2)15-17-11-13-18(14-12-17)19(7-3)8-4/h11-14,16H,5-10,15H2,1-4H3. The van der Waals surface area contributed by atoms with E-state index < -0.39 is 0 Å². The van der Waals surface area contributed by atoms with Crippen molar-refractivity contribution in [2.75, 3.05) is 12.3 Å². The Morgan fingerprint density at radius 1 is 0.947 bits per heavy atom. The van der Waals surface area contributed by atoms with Gasteiger partial charge in [-0.25, -0.2) is 0 Å². The highest BCUT2D eigenvalue weighted by molar-refractivity contribution is 7.65. The molecule has 0 heterocycles. The molecule has 1 aromatic rings. The van der Waals surface area contributed by atoms with Crippen LogP contribution in [-0.4, -0.2) is 12.3 Å². The quantitative estimate of drug-likeness (QED) is 0.516. The van der Waals surface area contributed by atoms with Crippen molar-refractivity contribution in [1.29, 1.82) is 0 Å². The number of hydrogen-bond acceptors (Lipinski definition) is 0. The lowest BCUT2D eigenvalue weighted by molar-refractivity contribution is 0.449. The van der Waals surface area contributed by atoms with Gasteiger partial charge in [0.25, 0.3) is 0 Å². The van der Waals surface area contributed by atoms with E-state index in [0.717, 1.165) is 5.92 Å². The normalized spacial score (nSPS) is 12.9. The van der Waals surface area contributed by atoms with Gasteiger partial charge in [-0.1, -0.05) is 85.6 Å². The SMILES string of the molecule is CCCCC(CC)Cc1ccc(P(CC)CC)cc1. The Morgan fingerprint density at radius 3 is 2.05 bits per heavy atom. The first-order valence-corrected chi connectivity index (χ1v) is 9.80. The van der Waals surface area contributed by atoms with E-state index in [2.05, 4.69) is 52.0 Å². The van der Waals surface area contributed by atoms with Gasteiger partial charge in [0.15, 0.2) is 0 Å². The molecule has 108 valence electrons. The van der Waals surface area contributed by atoms with Crippen molar-refractivity contribution in [2.45, 2.75) is 59.8 Å². The summed E-state index contributed by atoms with van der Waals surface area (Å²) >= 11 is 0. The number of benzene rings is 1. The predicted octanol–water partition coefficient (Wildman–Crippen LogP) is 5.59. The highest BCUT2D eigenvalue weighted by atomic mass is 31.1.